The van der Waals surface area contributed by atoms with E-state index in [2.05, 4.69) is 25.1 Å². The van der Waals surface area contributed by atoms with Crippen molar-refractivity contribution in [3.8, 4) is 0 Å². The van der Waals surface area contributed by atoms with Crippen LogP contribution in [0, 0.1) is 5.92 Å². The van der Waals surface area contributed by atoms with Crippen molar-refractivity contribution < 1.29 is 9.53 Å². The Morgan fingerprint density at radius 1 is 1.39 bits per heavy atom. The number of Topliss-reactive ketones (excluding diaryl/α,β-unsaturated/α-hetero) is 1. The zero-order chi connectivity index (χ0) is 14.1. The molecule has 4 heteroatoms. The molecule has 1 aliphatic heterocycles. The SMILES string of the molecule is CSCC(C)N(C)CC1C(=O)C(C)(C)OC1(C)C. The Labute approximate surface area is 116 Å². The quantitative estimate of drug-likeness (QED) is 0.769. The average Bonchev–Trinajstić information content (AvgIpc) is 2.36. The van der Waals surface area contributed by atoms with Gasteiger partial charge >= 0.3 is 0 Å². The summed E-state index contributed by atoms with van der Waals surface area (Å²) < 4.78 is 5.92. The second-order valence-corrected chi connectivity index (χ2v) is 7.29. The molecule has 0 amide bonds. The molecule has 0 N–H and O–H groups in total. The van der Waals surface area contributed by atoms with E-state index < -0.39 is 5.60 Å². The summed E-state index contributed by atoms with van der Waals surface area (Å²) >= 11 is 1.84. The number of ketones is 1. The highest BCUT2D eigenvalue weighted by atomic mass is 32.2. The standard InChI is InChI=1S/C14H27NO2S/c1-10(9-18-7)15(6)8-11-12(16)14(4,5)17-13(11,2)3/h10-11H,8-9H2,1-7H3. The number of nitrogens with zero attached hydrogens (tertiary/aromatic N) is 1. The molecule has 0 aromatic carbocycles. The van der Waals surface area contributed by atoms with E-state index in [4.69, 9.17) is 4.74 Å². The van der Waals surface area contributed by atoms with Crippen LogP contribution in [0.1, 0.15) is 34.6 Å². The van der Waals surface area contributed by atoms with Gasteiger partial charge < -0.3 is 9.64 Å². The summed E-state index contributed by atoms with van der Waals surface area (Å²) in [4.78, 5) is 14.7. The van der Waals surface area contributed by atoms with Gasteiger partial charge in [0.2, 0.25) is 0 Å². The predicted molar refractivity (Wildman–Crippen MR) is 78.2 cm³/mol. The number of thioether (sulfide) groups is 1. The van der Waals surface area contributed by atoms with Crippen LogP contribution in [-0.2, 0) is 9.53 Å². The van der Waals surface area contributed by atoms with E-state index in [1.165, 1.54) is 0 Å². The molecule has 0 aromatic heterocycles. The summed E-state index contributed by atoms with van der Waals surface area (Å²) in [5.74, 6) is 1.28. The summed E-state index contributed by atoms with van der Waals surface area (Å²) in [5, 5.41) is 0. The first-order chi connectivity index (χ1) is 8.12. The van der Waals surface area contributed by atoms with Crippen LogP contribution in [-0.4, -0.2) is 53.5 Å². The van der Waals surface area contributed by atoms with Crippen LogP contribution in [0.4, 0.5) is 0 Å². The number of carbonyl (C=O) groups is 1. The number of rotatable bonds is 5. The summed E-state index contributed by atoms with van der Waals surface area (Å²) in [7, 11) is 2.09. The fourth-order valence-corrected chi connectivity index (χ4v) is 3.39. The van der Waals surface area contributed by atoms with Gasteiger partial charge in [0.05, 0.1) is 11.5 Å². The second-order valence-electron chi connectivity index (χ2n) is 6.38. The summed E-state index contributed by atoms with van der Waals surface area (Å²) in [5.41, 5.74) is -1.01. The first-order valence-electron chi connectivity index (χ1n) is 6.55. The highest BCUT2D eigenvalue weighted by Crippen LogP contribution is 2.39. The number of ether oxygens (including phenoxy) is 1. The molecule has 0 aliphatic carbocycles. The van der Waals surface area contributed by atoms with Gasteiger partial charge in [0.15, 0.2) is 5.78 Å². The van der Waals surface area contributed by atoms with Gasteiger partial charge in [-0.25, -0.2) is 0 Å². The summed E-state index contributed by atoms with van der Waals surface area (Å²) in [6, 6.07) is 0.479. The molecule has 2 atom stereocenters. The molecule has 1 aliphatic rings. The van der Waals surface area contributed by atoms with E-state index in [0.29, 0.717) is 6.04 Å². The Morgan fingerprint density at radius 2 is 1.94 bits per heavy atom. The average molecular weight is 273 g/mol. The monoisotopic (exact) mass is 273 g/mol. The van der Waals surface area contributed by atoms with Gasteiger partial charge in [0.25, 0.3) is 0 Å². The summed E-state index contributed by atoms with van der Waals surface area (Å²) in [6.07, 6.45) is 2.11. The van der Waals surface area contributed by atoms with Crippen LogP contribution in [0.2, 0.25) is 0 Å². The van der Waals surface area contributed by atoms with Crippen molar-refractivity contribution in [2.24, 2.45) is 5.92 Å². The van der Waals surface area contributed by atoms with Crippen molar-refractivity contribution in [2.45, 2.75) is 51.9 Å². The van der Waals surface area contributed by atoms with Crippen LogP contribution in [0.3, 0.4) is 0 Å². The number of hydrogen-bond donors (Lipinski definition) is 0. The highest BCUT2D eigenvalue weighted by molar-refractivity contribution is 7.98. The molecular formula is C14H27NO2S. The first kappa shape index (κ1) is 16.0. The van der Waals surface area contributed by atoms with Gasteiger partial charge in [-0.1, -0.05) is 0 Å². The van der Waals surface area contributed by atoms with Crippen LogP contribution < -0.4 is 0 Å². The Balaban J connectivity index is 2.74. The Bertz CT molecular complexity index is 315. The van der Waals surface area contributed by atoms with E-state index in [0.717, 1.165) is 12.3 Å². The molecule has 106 valence electrons. The van der Waals surface area contributed by atoms with Gasteiger partial charge in [-0.05, 0) is 47.9 Å². The van der Waals surface area contributed by atoms with Crippen molar-refractivity contribution in [3.05, 3.63) is 0 Å². The van der Waals surface area contributed by atoms with Gasteiger partial charge in [-0.15, -0.1) is 0 Å². The fourth-order valence-electron chi connectivity index (χ4n) is 2.65. The van der Waals surface area contributed by atoms with Gasteiger partial charge in [-0.2, -0.15) is 11.8 Å². The van der Waals surface area contributed by atoms with Crippen molar-refractivity contribution in [3.63, 3.8) is 0 Å². The van der Waals surface area contributed by atoms with E-state index in [1.807, 2.05) is 39.5 Å². The van der Waals surface area contributed by atoms with E-state index in [9.17, 15) is 4.79 Å². The normalized spacial score (nSPS) is 27.8. The zero-order valence-electron chi connectivity index (χ0n) is 12.7. The molecular weight excluding hydrogens is 246 g/mol. The lowest BCUT2D eigenvalue weighted by Gasteiger charge is -2.31. The second kappa shape index (κ2) is 5.51. The van der Waals surface area contributed by atoms with Gasteiger partial charge in [0, 0.05) is 18.3 Å². The first-order valence-corrected chi connectivity index (χ1v) is 7.95. The third kappa shape index (κ3) is 3.28. The maximum Gasteiger partial charge on any atom is 0.171 e. The summed E-state index contributed by atoms with van der Waals surface area (Å²) in [6.45, 7) is 10.8. The maximum absolute atomic E-state index is 12.4. The third-order valence-electron chi connectivity index (χ3n) is 3.90. The molecule has 0 aromatic rings. The lowest BCUT2D eigenvalue weighted by atomic mass is 9.85. The number of carbonyl (C=O) groups excluding carboxylic acids is 1. The minimum atomic E-state index is -0.641. The van der Waals surface area contributed by atoms with Gasteiger partial charge in [0.1, 0.15) is 5.60 Å². The minimum absolute atomic E-state index is 0.0400. The van der Waals surface area contributed by atoms with E-state index in [1.54, 1.807) is 0 Å². The molecule has 1 saturated heterocycles. The highest BCUT2D eigenvalue weighted by Gasteiger charge is 2.53. The zero-order valence-corrected chi connectivity index (χ0v) is 13.6. The van der Waals surface area contributed by atoms with Crippen molar-refractivity contribution in [1.29, 1.82) is 0 Å². The number of hydrogen-bond acceptors (Lipinski definition) is 4. The van der Waals surface area contributed by atoms with E-state index >= 15 is 0 Å². The lowest BCUT2D eigenvalue weighted by Crippen LogP contribution is -2.43. The Morgan fingerprint density at radius 3 is 2.33 bits per heavy atom. The fraction of sp³-hybridized carbons (Fsp3) is 0.929. The van der Waals surface area contributed by atoms with Crippen molar-refractivity contribution in [1.82, 2.24) is 4.90 Å². The topological polar surface area (TPSA) is 29.5 Å². The molecule has 0 radical (unpaired) electrons. The Hall–Kier alpha value is -0.0600. The van der Waals surface area contributed by atoms with Crippen LogP contribution >= 0.6 is 11.8 Å². The molecule has 2 unspecified atom stereocenters. The maximum atomic E-state index is 12.4. The predicted octanol–water partition coefficient (Wildman–Crippen LogP) is 2.44. The van der Waals surface area contributed by atoms with Crippen molar-refractivity contribution in [2.75, 3.05) is 25.6 Å². The minimum Gasteiger partial charge on any atom is -0.361 e. The third-order valence-corrected chi connectivity index (χ3v) is 4.71. The van der Waals surface area contributed by atoms with Crippen LogP contribution in [0.15, 0.2) is 0 Å². The van der Waals surface area contributed by atoms with Gasteiger partial charge in [-0.3, -0.25) is 4.79 Å². The molecule has 1 fully saturated rings. The lowest BCUT2D eigenvalue weighted by molar-refractivity contribution is -0.132. The van der Waals surface area contributed by atoms with E-state index in [-0.39, 0.29) is 17.3 Å². The molecule has 1 heterocycles. The van der Waals surface area contributed by atoms with Crippen molar-refractivity contribution >= 4 is 17.5 Å². The molecule has 1 rings (SSSR count). The largest absolute Gasteiger partial charge is 0.361 e. The smallest absolute Gasteiger partial charge is 0.171 e. The molecule has 0 saturated carbocycles. The molecule has 0 bridgehead atoms. The van der Waals surface area contributed by atoms with Crippen LogP contribution in [0.25, 0.3) is 0 Å². The molecule has 0 spiro atoms. The molecule has 18 heavy (non-hydrogen) atoms. The molecule has 3 nitrogen and oxygen atoms in total. The van der Waals surface area contributed by atoms with Crippen LogP contribution in [0.5, 0.6) is 0 Å². The Kier molecular flexibility index (Phi) is 4.90.